The van der Waals surface area contributed by atoms with Gasteiger partial charge in [-0.25, -0.2) is 9.69 Å². The summed E-state index contributed by atoms with van der Waals surface area (Å²) in [5.74, 6) is -0.584. The molecule has 1 aliphatic heterocycles. The van der Waals surface area contributed by atoms with Crippen LogP contribution in [0.1, 0.15) is 24.0 Å². The maximum atomic E-state index is 12.9. The lowest BCUT2D eigenvalue weighted by atomic mass is 9.92. The van der Waals surface area contributed by atoms with Gasteiger partial charge < -0.3 is 10.5 Å². The fraction of sp³-hybridized carbons (Fsp3) is 0.300. The molecule has 1 saturated heterocycles. The summed E-state index contributed by atoms with van der Waals surface area (Å²) in [7, 11) is 0. The van der Waals surface area contributed by atoms with E-state index in [0.717, 1.165) is 11.1 Å². The van der Waals surface area contributed by atoms with Gasteiger partial charge in [-0.15, -0.1) is 0 Å². The first-order valence-electron chi connectivity index (χ1n) is 8.42. The second kappa shape index (κ2) is 7.49. The molecule has 2 aromatic rings. The zero-order chi connectivity index (χ0) is 17.8. The Kier molecular flexibility index (Phi) is 5.14. The van der Waals surface area contributed by atoms with Crippen LogP contribution >= 0.6 is 0 Å². The first kappa shape index (κ1) is 17.2. The van der Waals surface area contributed by atoms with Gasteiger partial charge in [-0.3, -0.25) is 4.79 Å². The summed E-state index contributed by atoms with van der Waals surface area (Å²) in [6.45, 7) is 2.09. The highest BCUT2D eigenvalue weighted by Gasteiger charge is 2.41. The van der Waals surface area contributed by atoms with Crippen LogP contribution in [-0.2, 0) is 16.0 Å². The first-order valence-corrected chi connectivity index (χ1v) is 8.42. The van der Waals surface area contributed by atoms with Crippen molar-refractivity contribution in [3.8, 4) is 0 Å². The molecule has 0 bridgehead atoms. The Morgan fingerprint density at radius 3 is 2.40 bits per heavy atom. The summed E-state index contributed by atoms with van der Waals surface area (Å²) < 4.78 is 5.12. The van der Waals surface area contributed by atoms with E-state index in [1.807, 2.05) is 67.6 Å². The number of nitrogens with two attached hydrogens (primary N) is 1. The highest BCUT2D eigenvalue weighted by Crippen LogP contribution is 2.23. The van der Waals surface area contributed by atoms with Crippen LogP contribution in [0.25, 0.3) is 0 Å². The number of hydrogen-bond donors (Lipinski definition) is 1. The third kappa shape index (κ3) is 3.72. The number of rotatable bonds is 5. The third-order valence-corrected chi connectivity index (χ3v) is 4.66. The van der Waals surface area contributed by atoms with Gasteiger partial charge in [0.2, 0.25) is 5.91 Å². The van der Waals surface area contributed by atoms with Crippen LogP contribution in [-0.4, -0.2) is 35.6 Å². The van der Waals surface area contributed by atoms with Crippen molar-refractivity contribution in [3.63, 3.8) is 0 Å². The molecule has 0 radical (unpaired) electrons. The lowest BCUT2D eigenvalue weighted by Gasteiger charge is -2.26. The van der Waals surface area contributed by atoms with Gasteiger partial charge in [0.05, 0.1) is 12.1 Å². The lowest BCUT2D eigenvalue weighted by molar-refractivity contribution is -0.131. The molecule has 2 amide bonds. The number of ether oxygens (including phenoxy) is 1. The fourth-order valence-corrected chi connectivity index (χ4v) is 3.11. The summed E-state index contributed by atoms with van der Waals surface area (Å²) >= 11 is 0. The Balaban J connectivity index is 1.75. The zero-order valence-electron chi connectivity index (χ0n) is 14.2. The van der Waals surface area contributed by atoms with E-state index in [4.69, 9.17) is 10.5 Å². The minimum absolute atomic E-state index is 0.195. The second-order valence-electron chi connectivity index (χ2n) is 6.35. The van der Waals surface area contributed by atoms with Crippen molar-refractivity contribution < 1.29 is 14.3 Å². The maximum Gasteiger partial charge on any atom is 0.417 e. The molecule has 1 aliphatic rings. The lowest BCUT2D eigenvalue weighted by Crippen LogP contribution is -2.50. The van der Waals surface area contributed by atoms with Gasteiger partial charge >= 0.3 is 6.09 Å². The van der Waals surface area contributed by atoms with Crippen molar-refractivity contribution in [2.45, 2.75) is 31.3 Å². The monoisotopic (exact) mass is 338 g/mol. The first-order chi connectivity index (χ1) is 12.1. The van der Waals surface area contributed by atoms with Gasteiger partial charge in [-0.1, -0.05) is 67.6 Å². The molecule has 5 heteroatoms. The van der Waals surface area contributed by atoms with E-state index in [9.17, 15) is 9.59 Å². The van der Waals surface area contributed by atoms with E-state index in [0.29, 0.717) is 6.42 Å². The Morgan fingerprint density at radius 1 is 1.16 bits per heavy atom. The van der Waals surface area contributed by atoms with Gasteiger partial charge in [-0.2, -0.15) is 0 Å². The summed E-state index contributed by atoms with van der Waals surface area (Å²) in [5, 5.41) is 0. The molecule has 0 aromatic heterocycles. The van der Waals surface area contributed by atoms with E-state index < -0.39 is 12.1 Å². The summed E-state index contributed by atoms with van der Waals surface area (Å²) in [6.07, 6.45) is -0.0493. The third-order valence-electron chi connectivity index (χ3n) is 4.66. The van der Waals surface area contributed by atoms with Crippen molar-refractivity contribution in [2.24, 2.45) is 5.73 Å². The molecule has 2 aromatic carbocycles. The molecule has 0 unspecified atom stereocenters. The van der Waals surface area contributed by atoms with Gasteiger partial charge in [0, 0.05) is 5.92 Å². The summed E-state index contributed by atoms with van der Waals surface area (Å²) in [4.78, 5) is 26.2. The van der Waals surface area contributed by atoms with Crippen LogP contribution < -0.4 is 5.73 Å². The highest BCUT2D eigenvalue weighted by molar-refractivity contribution is 5.96. The average Bonchev–Trinajstić information content (AvgIpc) is 3.01. The summed E-state index contributed by atoms with van der Waals surface area (Å²) in [5.41, 5.74) is 8.21. The van der Waals surface area contributed by atoms with Crippen LogP contribution in [0.4, 0.5) is 4.79 Å². The molecular formula is C20H22N2O3. The number of benzene rings is 2. The molecule has 2 N–H and O–H groups in total. The van der Waals surface area contributed by atoms with Crippen LogP contribution in [0.5, 0.6) is 0 Å². The Hall–Kier alpha value is -2.66. The fourth-order valence-electron chi connectivity index (χ4n) is 3.11. The van der Waals surface area contributed by atoms with Crippen LogP contribution in [0, 0.1) is 0 Å². The molecular weight excluding hydrogens is 316 g/mol. The van der Waals surface area contributed by atoms with E-state index in [2.05, 4.69) is 0 Å². The predicted molar refractivity (Wildman–Crippen MR) is 95.0 cm³/mol. The highest BCUT2D eigenvalue weighted by atomic mass is 16.6. The van der Waals surface area contributed by atoms with Crippen LogP contribution in [0.15, 0.2) is 60.7 Å². The molecule has 25 heavy (non-hydrogen) atoms. The van der Waals surface area contributed by atoms with Crippen molar-refractivity contribution in [1.29, 1.82) is 0 Å². The molecule has 0 aliphatic carbocycles. The Labute approximate surface area is 147 Å². The Morgan fingerprint density at radius 2 is 1.76 bits per heavy atom. The zero-order valence-corrected chi connectivity index (χ0v) is 14.2. The molecule has 0 spiro atoms. The molecule has 3 rings (SSSR count). The average molecular weight is 338 g/mol. The van der Waals surface area contributed by atoms with Crippen molar-refractivity contribution in [3.05, 3.63) is 71.8 Å². The molecule has 0 saturated carbocycles. The SMILES string of the molecule is C[C@@H](c1ccccc1)[C@H](N)C(=O)N1C(=O)OC[C@@H]1Cc1ccccc1. The van der Waals surface area contributed by atoms with Gasteiger partial charge in [0.25, 0.3) is 0 Å². The van der Waals surface area contributed by atoms with Gasteiger partial charge in [0.1, 0.15) is 6.61 Å². The van der Waals surface area contributed by atoms with E-state index in [1.54, 1.807) is 0 Å². The number of cyclic esters (lactones) is 1. The van der Waals surface area contributed by atoms with E-state index in [1.165, 1.54) is 4.90 Å². The molecule has 3 atom stereocenters. The minimum Gasteiger partial charge on any atom is -0.447 e. The number of nitrogens with zero attached hydrogens (tertiary/aromatic N) is 1. The molecule has 130 valence electrons. The van der Waals surface area contributed by atoms with Crippen molar-refractivity contribution in [1.82, 2.24) is 4.90 Å². The van der Waals surface area contributed by atoms with Crippen molar-refractivity contribution >= 4 is 12.0 Å². The maximum absolute atomic E-state index is 12.9. The van der Waals surface area contributed by atoms with Crippen LogP contribution in [0.2, 0.25) is 0 Å². The normalized spacial score (nSPS) is 19.4. The number of carbonyl (C=O) groups excluding carboxylic acids is 2. The van der Waals surface area contributed by atoms with Gasteiger partial charge in [-0.05, 0) is 17.5 Å². The Bertz CT molecular complexity index is 733. The number of carbonyl (C=O) groups is 2. The molecule has 5 nitrogen and oxygen atoms in total. The smallest absolute Gasteiger partial charge is 0.417 e. The molecule has 1 fully saturated rings. The topological polar surface area (TPSA) is 72.6 Å². The number of imide groups is 1. The van der Waals surface area contributed by atoms with Crippen LogP contribution in [0.3, 0.4) is 0 Å². The standard InChI is InChI=1S/C20H22N2O3/c1-14(16-10-6-3-7-11-16)18(21)19(23)22-17(13-25-20(22)24)12-15-8-4-2-5-9-15/h2-11,14,17-18H,12-13,21H2,1H3/t14-,17-,18-/m0/s1. The second-order valence-corrected chi connectivity index (χ2v) is 6.35. The summed E-state index contributed by atoms with van der Waals surface area (Å²) in [6, 6.07) is 18.2. The number of amides is 2. The van der Waals surface area contributed by atoms with E-state index in [-0.39, 0.29) is 24.5 Å². The van der Waals surface area contributed by atoms with Gasteiger partial charge in [0.15, 0.2) is 0 Å². The number of hydrogen-bond acceptors (Lipinski definition) is 4. The largest absolute Gasteiger partial charge is 0.447 e. The van der Waals surface area contributed by atoms with Crippen molar-refractivity contribution in [2.75, 3.05) is 6.61 Å². The van der Waals surface area contributed by atoms with E-state index >= 15 is 0 Å². The molecule has 1 heterocycles. The minimum atomic E-state index is -0.800. The quantitative estimate of drug-likeness (QED) is 0.910. The predicted octanol–water partition coefficient (Wildman–Crippen LogP) is 2.71.